The molecule has 1 saturated heterocycles. The Balaban J connectivity index is 1.67. The van der Waals surface area contributed by atoms with Gasteiger partial charge in [-0.15, -0.1) is 0 Å². The predicted molar refractivity (Wildman–Crippen MR) is 76.0 cm³/mol. The molecule has 1 aliphatic rings. The number of quaternary nitrogens is 1. The van der Waals surface area contributed by atoms with E-state index < -0.39 is 0 Å². The van der Waals surface area contributed by atoms with Crippen LogP contribution < -0.4 is 20.1 Å². The van der Waals surface area contributed by atoms with E-state index in [2.05, 4.69) is 0 Å². The molecule has 0 aliphatic carbocycles. The van der Waals surface area contributed by atoms with Gasteiger partial charge in [-0.1, -0.05) is 0 Å². The first-order chi connectivity index (χ1) is 9.69. The molecule has 5 nitrogen and oxygen atoms in total. The quantitative estimate of drug-likeness (QED) is 0.761. The van der Waals surface area contributed by atoms with Gasteiger partial charge in [-0.3, -0.25) is 4.79 Å². The average molecular weight is 279 g/mol. The Hall–Kier alpha value is -1.75. The van der Waals surface area contributed by atoms with E-state index in [1.807, 2.05) is 24.3 Å². The highest BCUT2D eigenvalue weighted by Crippen LogP contribution is 2.16. The lowest BCUT2D eigenvalue weighted by Crippen LogP contribution is -3.13. The molecule has 0 aromatic heterocycles. The largest absolute Gasteiger partial charge is 0.497 e. The van der Waals surface area contributed by atoms with Crippen LogP contribution >= 0.6 is 0 Å². The molecule has 1 heterocycles. The predicted octanol–water partition coefficient (Wildman–Crippen LogP) is -0.146. The van der Waals surface area contributed by atoms with Crippen molar-refractivity contribution in [1.29, 1.82) is 0 Å². The smallest absolute Gasteiger partial charge is 0.220 e. The zero-order chi connectivity index (χ0) is 14.4. The number of likely N-dealkylation sites (tertiary alicyclic amines) is 1. The van der Waals surface area contributed by atoms with Crippen molar-refractivity contribution in [3.8, 4) is 11.5 Å². The van der Waals surface area contributed by atoms with Crippen molar-refractivity contribution >= 4 is 5.91 Å². The molecule has 0 bridgehead atoms. The summed E-state index contributed by atoms with van der Waals surface area (Å²) in [6, 6.07) is 7.60. The van der Waals surface area contributed by atoms with Crippen molar-refractivity contribution in [3.05, 3.63) is 24.3 Å². The lowest BCUT2D eigenvalue weighted by Gasteiger charge is -2.27. The van der Waals surface area contributed by atoms with Crippen LogP contribution in [0.4, 0.5) is 0 Å². The van der Waals surface area contributed by atoms with Crippen LogP contribution in [0.25, 0.3) is 0 Å². The molecule has 1 amide bonds. The summed E-state index contributed by atoms with van der Waals surface area (Å²) >= 11 is 0. The molecule has 1 aromatic rings. The van der Waals surface area contributed by atoms with Gasteiger partial charge in [-0.05, 0) is 24.3 Å². The first kappa shape index (κ1) is 14.7. The Bertz CT molecular complexity index is 425. The third-order valence-corrected chi connectivity index (χ3v) is 3.88. The topological polar surface area (TPSA) is 66.0 Å². The fourth-order valence-corrected chi connectivity index (χ4v) is 2.55. The summed E-state index contributed by atoms with van der Waals surface area (Å²) in [5.74, 6) is 1.61. The van der Waals surface area contributed by atoms with E-state index >= 15 is 0 Å². The van der Waals surface area contributed by atoms with E-state index in [1.54, 1.807) is 7.11 Å². The van der Waals surface area contributed by atoms with Gasteiger partial charge in [0.1, 0.15) is 24.7 Å². The number of rotatable bonds is 6. The lowest BCUT2D eigenvalue weighted by atomic mass is 9.96. The van der Waals surface area contributed by atoms with Gasteiger partial charge in [0, 0.05) is 18.8 Å². The number of carbonyl (C=O) groups excluding carboxylic acids is 1. The van der Waals surface area contributed by atoms with Gasteiger partial charge in [0.05, 0.1) is 20.2 Å². The van der Waals surface area contributed by atoms with Crippen LogP contribution in [0.2, 0.25) is 0 Å². The highest BCUT2D eigenvalue weighted by atomic mass is 16.5. The first-order valence-corrected chi connectivity index (χ1v) is 7.09. The fraction of sp³-hybridized carbons (Fsp3) is 0.533. The standard InChI is InChI=1S/C15H22N2O3/c1-19-13-2-4-14(5-3-13)20-11-10-17-8-6-12(7-9-17)15(16)18/h2-5,12H,6-11H2,1H3,(H2,16,18)/p+1. The van der Waals surface area contributed by atoms with Gasteiger partial charge < -0.3 is 20.1 Å². The van der Waals surface area contributed by atoms with Gasteiger partial charge in [-0.25, -0.2) is 0 Å². The minimum atomic E-state index is -0.154. The molecule has 1 aliphatic heterocycles. The molecule has 20 heavy (non-hydrogen) atoms. The van der Waals surface area contributed by atoms with Crippen LogP contribution in [0.3, 0.4) is 0 Å². The Labute approximate surface area is 119 Å². The number of hydrogen-bond donors (Lipinski definition) is 2. The molecular formula is C15H23N2O3+. The van der Waals surface area contributed by atoms with Crippen LogP contribution in [-0.2, 0) is 4.79 Å². The summed E-state index contributed by atoms with van der Waals surface area (Å²) in [7, 11) is 1.65. The van der Waals surface area contributed by atoms with Crippen LogP contribution in [0.5, 0.6) is 11.5 Å². The third kappa shape index (κ3) is 4.13. The number of primary amides is 1. The van der Waals surface area contributed by atoms with Crippen molar-refractivity contribution in [1.82, 2.24) is 0 Å². The molecule has 0 atom stereocenters. The van der Waals surface area contributed by atoms with Gasteiger partial charge in [0.25, 0.3) is 0 Å². The summed E-state index contributed by atoms with van der Waals surface area (Å²) in [5.41, 5.74) is 5.33. The number of ether oxygens (including phenoxy) is 2. The Kier molecular flexibility index (Phi) is 5.24. The second-order valence-corrected chi connectivity index (χ2v) is 5.20. The van der Waals surface area contributed by atoms with Crippen LogP contribution in [0.1, 0.15) is 12.8 Å². The van der Waals surface area contributed by atoms with E-state index in [9.17, 15) is 4.79 Å². The molecular weight excluding hydrogens is 256 g/mol. The molecule has 3 N–H and O–H groups in total. The maximum absolute atomic E-state index is 11.1. The monoisotopic (exact) mass is 279 g/mol. The summed E-state index contributed by atoms with van der Waals surface area (Å²) in [4.78, 5) is 12.6. The lowest BCUT2D eigenvalue weighted by molar-refractivity contribution is -0.905. The van der Waals surface area contributed by atoms with E-state index in [-0.39, 0.29) is 11.8 Å². The number of piperidine rings is 1. The van der Waals surface area contributed by atoms with Crippen molar-refractivity contribution in [2.45, 2.75) is 12.8 Å². The molecule has 5 heteroatoms. The number of benzene rings is 1. The SMILES string of the molecule is COc1ccc(OCC[NH+]2CCC(C(N)=O)CC2)cc1. The van der Waals surface area contributed by atoms with Crippen LogP contribution in [0, 0.1) is 5.92 Å². The number of carbonyl (C=O) groups is 1. The van der Waals surface area contributed by atoms with Gasteiger partial charge in [0.15, 0.2) is 0 Å². The molecule has 0 saturated carbocycles. The molecule has 2 rings (SSSR count). The van der Waals surface area contributed by atoms with Crippen molar-refractivity contribution in [3.63, 3.8) is 0 Å². The highest BCUT2D eigenvalue weighted by molar-refractivity contribution is 5.76. The molecule has 0 radical (unpaired) electrons. The summed E-state index contributed by atoms with van der Waals surface area (Å²) in [5, 5.41) is 0. The zero-order valence-corrected chi connectivity index (χ0v) is 11.9. The van der Waals surface area contributed by atoms with Gasteiger partial charge in [-0.2, -0.15) is 0 Å². The summed E-state index contributed by atoms with van der Waals surface area (Å²) in [6.45, 7) is 3.64. The minimum Gasteiger partial charge on any atom is -0.497 e. The summed E-state index contributed by atoms with van der Waals surface area (Å²) in [6.07, 6.45) is 1.79. The first-order valence-electron chi connectivity index (χ1n) is 7.09. The van der Waals surface area contributed by atoms with Gasteiger partial charge >= 0.3 is 0 Å². The number of hydrogen-bond acceptors (Lipinski definition) is 3. The molecule has 0 spiro atoms. The molecule has 110 valence electrons. The molecule has 1 fully saturated rings. The van der Waals surface area contributed by atoms with E-state index in [4.69, 9.17) is 15.2 Å². The molecule has 1 aromatic carbocycles. The Morgan fingerprint density at radius 3 is 2.40 bits per heavy atom. The Morgan fingerprint density at radius 2 is 1.85 bits per heavy atom. The number of methoxy groups -OCH3 is 1. The zero-order valence-electron chi connectivity index (χ0n) is 11.9. The van der Waals surface area contributed by atoms with Crippen molar-refractivity contribution in [2.24, 2.45) is 11.7 Å². The van der Waals surface area contributed by atoms with E-state index in [0.717, 1.165) is 44.0 Å². The maximum Gasteiger partial charge on any atom is 0.220 e. The maximum atomic E-state index is 11.1. The fourth-order valence-electron chi connectivity index (χ4n) is 2.55. The van der Waals surface area contributed by atoms with Crippen molar-refractivity contribution < 1.29 is 19.2 Å². The second kappa shape index (κ2) is 7.14. The van der Waals surface area contributed by atoms with Crippen LogP contribution in [0.15, 0.2) is 24.3 Å². The number of nitrogens with one attached hydrogen (secondary N) is 1. The van der Waals surface area contributed by atoms with E-state index in [0.29, 0.717) is 6.61 Å². The number of amides is 1. The van der Waals surface area contributed by atoms with Crippen molar-refractivity contribution in [2.75, 3.05) is 33.4 Å². The summed E-state index contributed by atoms with van der Waals surface area (Å²) < 4.78 is 10.8. The molecule has 0 unspecified atom stereocenters. The minimum absolute atomic E-state index is 0.0706. The van der Waals surface area contributed by atoms with Gasteiger partial charge in [0.2, 0.25) is 5.91 Å². The van der Waals surface area contributed by atoms with Crippen LogP contribution in [-0.4, -0.2) is 39.3 Å². The Morgan fingerprint density at radius 1 is 1.25 bits per heavy atom. The normalized spacial score (nSPS) is 22.2. The third-order valence-electron chi connectivity index (χ3n) is 3.88. The van der Waals surface area contributed by atoms with E-state index in [1.165, 1.54) is 4.90 Å². The highest BCUT2D eigenvalue weighted by Gasteiger charge is 2.25. The average Bonchev–Trinajstić information content (AvgIpc) is 2.48. The second-order valence-electron chi connectivity index (χ2n) is 5.20. The number of nitrogens with two attached hydrogens (primary N) is 1.